The minimum Gasteiger partial charge on any atom is -0.329 e. The average molecular weight is 239 g/mol. The van der Waals surface area contributed by atoms with E-state index in [1.54, 1.807) is 0 Å². The summed E-state index contributed by atoms with van der Waals surface area (Å²) in [7, 11) is 0. The average Bonchev–Trinajstić information content (AvgIpc) is 2.07. The van der Waals surface area contributed by atoms with Crippen LogP contribution < -0.4 is 11.1 Å². The highest BCUT2D eigenvalue weighted by Gasteiger charge is 2.44. The number of rotatable bonds is 2. The van der Waals surface area contributed by atoms with Gasteiger partial charge in [0, 0.05) is 13.1 Å². The van der Waals surface area contributed by atoms with E-state index in [1.165, 1.54) is 4.90 Å². The summed E-state index contributed by atoms with van der Waals surface area (Å²) >= 11 is 0. The third-order valence-electron chi connectivity index (χ3n) is 2.85. The van der Waals surface area contributed by atoms with Gasteiger partial charge in [0.2, 0.25) is 0 Å². The van der Waals surface area contributed by atoms with Crippen molar-refractivity contribution >= 4 is 6.03 Å². The van der Waals surface area contributed by atoms with Crippen LogP contribution in [0.3, 0.4) is 0 Å². The summed E-state index contributed by atoms with van der Waals surface area (Å²) in [4.78, 5) is 12.5. The fourth-order valence-electron chi connectivity index (χ4n) is 1.46. The number of hydrogen-bond acceptors (Lipinski definition) is 2. The van der Waals surface area contributed by atoms with Crippen LogP contribution in [0, 0.1) is 5.92 Å². The van der Waals surface area contributed by atoms with E-state index in [0.717, 1.165) is 0 Å². The largest absolute Gasteiger partial charge is 0.405 e. The van der Waals surface area contributed by atoms with Crippen molar-refractivity contribution < 1.29 is 18.0 Å². The van der Waals surface area contributed by atoms with Gasteiger partial charge in [-0.3, -0.25) is 0 Å². The van der Waals surface area contributed by atoms with Gasteiger partial charge in [0.25, 0.3) is 0 Å². The standard InChI is InChI=1S/C9H16F3N3O/c1-6(2)8(13)4-15(5-8)7(16)14-3-9(10,11)12/h6H,3-5,13H2,1-2H3,(H,14,16). The van der Waals surface area contributed by atoms with Crippen LogP contribution in [0.2, 0.25) is 0 Å². The second-order valence-corrected chi connectivity index (χ2v) is 4.52. The molecule has 1 aliphatic rings. The lowest BCUT2D eigenvalue weighted by molar-refractivity contribution is -0.123. The Hall–Kier alpha value is -0.980. The Morgan fingerprint density at radius 3 is 2.38 bits per heavy atom. The van der Waals surface area contributed by atoms with Crippen LogP contribution in [0.4, 0.5) is 18.0 Å². The molecule has 0 atom stereocenters. The number of carbonyl (C=O) groups is 1. The normalized spacial score (nSPS) is 19.6. The summed E-state index contributed by atoms with van der Waals surface area (Å²) in [5, 5.41) is 1.81. The van der Waals surface area contributed by atoms with Gasteiger partial charge in [-0.15, -0.1) is 0 Å². The van der Waals surface area contributed by atoms with Gasteiger partial charge in [-0.05, 0) is 5.92 Å². The van der Waals surface area contributed by atoms with Gasteiger partial charge < -0.3 is 16.0 Å². The predicted octanol–water partition coefficient (Wildman–Crippen LogP) is 0.927. The quantitative estimate of drug-likeness (QED) is 0.753. The Morgan fingerprint density at radius 1 is 1.50 bits per heavy atom. The molecular formula is C9H16F3N3O. The van der Waals surface area contributed by atoms with E-state index in [9.17, 15) is 18.0 Å². The molecule has 0 radical (unpaired) electrons. The zero-order chi connectivity index (χ0) is 12.6. The van der Waals surface area contributed by atoms with Crippen LogP contribution in [-0.2, 0) is 0 Å². The van der Waals surface area contributed by atoms with Crippen LogP contribution in [0.1, 0.15) is 13.8 Å². The number of carbonyl (C=O) groups excluding carboxylic acids is 1. The van der Waals surface area contributed by atoms with Gasteiger partial charge in [0.15, 0.2) is 0 Å². The number of halogens is 3. The Bertz CT molecular complexity index is 272. The van der Waals surface area contributed by atoms with E-state index in [2.05, 4.69) is 0 Å². The molecule has 0 spiro atoms. The third kappa shape index (κ3) is 3.01. The van der Waals surface area contributed by atoms with E-state index in [-0.39, 0.29) is 5.92 Å². The molecule has 0 unspecified atom stereocenters. The van der Waals surface area contributed by atoms with E-state index in [4.69, 9.17) is 5.73 Å². The van der Waals surface area contributed by atoms with Crippen LogP contribution in [0.15, 0.2) is 0 Å². The summed E-state index contributed by atoms with van der Waals surface area (Å²) in [6.07, 6.45) is -4.38. The molecule has 1 saturated heterocycles. The minimum absolute atomic E-state index is 0.194. The number of alkyl halides is 3. The highest BCUT2D eigenvalue weighted by molar-refractivity contribution is 5.75. The third-order valence-corrected chi connectivity index (χ3v) is 2.85. The van der Waals surface area contributed by atoms with Crippen LogP contribution >= 0.6 is 0 Å². The van der Waals surface area contributed by atoms with Crippen molar-refractivity contribution in [2.45, 2.75) is 25.6 Å². The van der Waals surface area contributed by atoms with Crippen molar-refractivity contribution in [1.29, 1.82) is 0 Å². The summed E-state index contributed by atoms with van der Waals surface area (Å²) in [5.41, 5.74) is 5.45. The molecule has 16 heavy (non-hydrogen) atoms. The van der Waals surface area contributed by atoms with E-state index in [1.807, 2.05) is 19.2 Å². The molecule has 7 heteroatoms. The maximum atomic E-state index is 11.8. The van der Waals surface area contributed by atoms with Gasteiger partial charge in [0.05, 0.1) is 5.54 Å². The van der Waals surface area contributed by atoms with Crippen LogP contribution in [0.5, 0.6) is 0 Å². The van der Waals surface area contributed by atoms with Gasteiger partial charge >= 0.3 is 12.2 Å². The maximum absolute atomic E-state index is 11.8. The number of nitrogens with two attached hydrogens (primary N) is 1. The van der Waals surface area contributed by atoms with Crippen LogP contribution in [0.25, 0.3) is 0 Å². The van der Waals surface area contributed by atoms with Gasteiger partial charge in [0.1, 0.15) is 6.54 Å². The van der Waals surface area contributed by atoms with E-state index in [0.29, 0.717) is 13.1 Å². The number of hydrogen-bond donors (Lipinski definition) is 2. The maximum Gasteiger partial charge on any atom is 0.405 e. The fraction of sp³-hybridized carbons (Fsp3) is 0.889. The first-order chi connectivity index (χ1) is 7.14. The lowest BCUT2D eigenvalue weighted by Crippen LogP contribution is -2.72. The first kappa shape index (κ1) is 13.1. The van der Waals surface area contributed by atoms with Crippen molar-refractivity contribution in [3.8, 4) is 0 Å². The smallest absolute Gasteiger partial charge is 0.329 e. The Kier molecular flexibility index (Phi) is 3.37. The molecule has 0 aromatic carbocycles. The van der Waals surface area contributed by atoms with Crippen molar-refractivity contribution in [2.75, 3.05) is 19.6 Å². The SMILES string of the molecule is CC(C)C1(N)CN(C(=O)NCC(F)(F)F)C1. The van der Waals surface area contributed by atoms with E-state index >= 15 is 0 Å². The number of likely N-dealkylation sites (tertiary alicyclic amines) is 1. The number of urea groups is 1. The lowest BCUT2D eigenvalue weighted by Gasteiger charge is -2.50. The highest BCUT2D eigenvalue weighted by atomic mass is 19.4. The predicted molar refractivity (Wildman–Crippen MR) is 52.8 cm³/mol. The monoisotopic (exact) mass is 239 g/mol. The zero-order valence-electron chi connectivity index (χ0n) is 9.27. The lowest BCUT2D eigenvalue weighted by atomic mass is 9.80. The summed E-state index contributed by atoms with van der Waals surface area (Å²) < 4.78 is 35.5. The molecule has 3 N–H and O–H groups in total. The zero-order valence-corrected chi connectivity index (χ0v) is 9.27. The fourth-order valence-corrected chi connectivity index (χ4v) is 1.46. The van der Waals surface area contributed by atoms with E-state index < -0.39 is 24.3 Å². The number of nitrogens with one attached hydrogen (secondary N) is 1. The van der Waals surface area contributed by atoms with Gasteiger partial charge in [-0.1, -0.05) is 13.8 Å². The van der Waals surface area contributed by atoms with Crippen LogP contribution in [-0.4, -0.2) is 42.3 Å². The molecule has 0 saturated carbocycles. The Morgan fingerprint density at radius 2 is 2.00 bits per heavy atom. The highest BCUT2D eigenvalue weighted by Crippen LogP contribution is 2.26. The van der Waals surface area contributed by atoms with Crippen molar-refractivity contribution in [3.63, 3.8) is 0 Å². The van der Waals surface area contributed by atoms with Crippen molar-refractivity contribution in [2.24, 2.45) is 11.7 Å². The molecule has 1 rings (SSSR count). The molecule has 0 aromatic rings. The van der Waals surface area contributed by atoms with Gasteiger partial charge in [-0.2, -0.15) is 13.2 Å². The molecule has 1 fully saturated rings. The summed E-state index contributed by atoms with van der Waals surface area (Å²) in [6.45, 7) is 3.14. The summed E-state index contributed by atoms with van der Waals surface area (Å²) in [6, 6.07) is -0.709. The van der Waals surface area contributed by atoms with Crippen molar-refractivity contribution in [3.05, 3.63) is 0 Å². The molecular weight excluding hydrogens is 223 g/mol. The number of nitrogens with zero attached hydrogens (tertiary/aromatic N) is 1. The Labute approximate surface area is 92.0 Å². The topological polar surface area (TPSA) is 58.4 Å². The molecule has 0 aromatic heterocycles. The molecule has 94 valence electrons. The second kappa shape index (κ2) is 4.12. The Balaban J connectivity index is 2.33. The second-order valence-electron chi connectivity index (χ2n) is 4.52. The first-order valence-electron chi connectivity index (χ1n) is 5.02. The summed E-state index contributed by atoms with van der Waals surface area (Å²) in [5.74, 6) is 0.194. The molecule has 0 aliphatic carbocycles. The first-order valence-corrected chi connectivity index (χ1v) is 5.02. The molecule has 1 aliphatic heterocycles. The van der Waals surface area contributed by atoms with Crippen molar-refractivity contribution in [1.82, 2.24) is 10.2 Å². The molecule has 2 amide bonds. The minimum atomic E-state index is -4.38. The molecule has 4 nitrogen and oxygen atoms in total. The molecule has 0 bridgehead atoms. The van der Waals surface area contributed by atoms with Gasteiger partial charge in [-0.25, -0.2) is 4.79 Å². The number of amides is 2. The molecule has 1 heterocycles.